The molecule has 1 N–H and O–H groups in total. The molecule has 0 aliphatic rings. The second kappa shape index (κ2) is 7.56. The molecule has 0 rings (SSSR count). The van der Waals surface area contributed by atoms with Gasteiger partial charge in [-0.15, -0.1) is 0 Å². The molecular weight excluding hydrogens is 218 g/mol. The SMILES string of the molecule is C=C(CC)C(=O)NCC(C)COS(=O)[O-]. The van der Waals surface area contributed by atoms with Crippen molar-refractivity contribution in [3.63, 3.8) is 0 Å². The highest BCUT2D eigenvalue weighted by Gasteiger charge is 2.07. The van der Waals surface area contributed by atoms with E-state index < -0.39 is 11.4 Å². The van der Waals surface area contributed by atoms with Crippen LogP contribution < -0.4 is 5.32 Å². The maximum absolute atomic E-state index is 11.2. The van der Waals surface area contributed by atoms with E-state index >= 15 is 0 Å². The summed E-state index contributed by atoms with van der Waals surface area (Å²) >= 11 is -2.49. The largest absolute Gasteiger partial charge is 0.750 e. The van der Waals surface area contributed by atoms with Crippen LogP contribution in [0.5, 0.6) is 0 Å². The van der Waals surface area contributed by atoms with E-state index in [4.69, 9.17) is 0 Å². The van der Waals surface area contributed by atoms with Gasteiger partial charge < -0.3 is 14.1 Å². The third kappa shape index (κ3) is 7.24. The first-order valence-corrected chi connectivity index (χ1v) is 5.65. The molecule has 1 amide bonds. The quantitative estimate of drug-likeness (QED) is 0.514. The third-order valence-corrected chi connectivity index (χ3v) is 2.14. The van der Waals surface area contributed by atoms with Crippen LogP contribution in [0.2, 0.25) is 0 Å². The van der Waals surface area contributed by atoms with Gasteiger partial charge in [-0.25, -0.2) is 4.21 Å². The van der Waals surface area contributed by atoms with Gasteiger partial charge in [-0.2, -0.15) is 0 Å². The molecule has 0 saturated carbocycles. The van der Waals surface area contributed by atoms with E-state index in [0.29, 0.717) is 18.5 Å². The molecule has 0 aromatic carbocycles. The van der Waals surface area contributed by atoms with E-state index in [1.165, 1.54) is 0 Å². The second-order valence-corrected chi connectivity index (χ2v) is 3.90. The Labute approximate surface area is 92.4 Å². The molecule has 2 unspecified atom stereocenters. The number of carbonyl (C=O) groups excluding carboxylic acids is 1. The maximum atomic E-state index is 11.2. The van der Waals surface area contributed by atoms with Crippen LogP contribution in [0.4, 0.5) is 0 Å². The molecule has 15 heavy (non-hydrogen) atoms. The molecule has 88 valence electrons. The fourth-order valence-electron chi connectivity index (χ4n) is 0.783. The summed E-state index contributed by atoms with van der Waals surface area (Å²) in [6.07, 6.45) is 0.599. The van der Waals surface area contributed by atoms with Crippen molar-refractivity contribution in [2.24, 2.45) is 5.92 Å². The fraction of sp³-hybridized carbons (Fsp3) is 0.667. The Morgan fingerprint density at radius 2 is 2.27 bits per heavy atom. The van der Waals surface area contributed by atoms with Crippen LogP contribution in [-0.2, 0) is 20.3 Å². The highest BCUT2D eigenvalue weighted by atomic mass is 32.2. The summed E-state index contributed by atoms with van der Waals surface area (Å²) in [7, 11) is 0. The van der Waals surface area contributed by atoms with Crippen molar-refractivity contribution in [2.45, 2.75) is 20.3 Å². The predicted molar refractivity (Wildman–Crippen MR) is 56.5 cm³/mol. The first-order valence-electron chi connectivity index (χ1n) is 4.65. The van der Waals surface area contributed by atoms with Gasteiger partial charge in [0.1, 0.15) is 0 Å². The normalized spacial score (nSPS) is 14.3. The predicted octanol–water partition coefficient (Wildman–Crippen LogP) is 0.516. The van der Waals surface area contributed by atoms with Gasteiger partial charge in [0.15, 0.2) is 0 Å². The summed E-state index contributed by atoms with van der Waals surface area (Å²) in [5.74, 6) is -0.260. The van der Waals surface area contributed by atoms with E-state index in [-0.39, 0.29) is 18.4 Å². The number of hydrogen-bond donors (Lipinski definition) is 1. The molecule has 0 aliphatic heterocycles. The minimum absolute atomic E-state index is 0.0588. The van der Waals surface area contributed by atoms with Crippen LogP contribution in [0, 0.1) is 5.92 Å². The van der Waals surface area contributed by atoms with E-state index in [2.05, 4.69) is 16.1 Å². The van der Waals surface area contributed by atoms with Crippen LogP contribution in [0.1, 0.15) is 20.3 Å². The zero-order chi connectivity index (χ0) is 11.8. The number of carbonyl (C=O) groups is 1. The van der Waals surface area contributed by atoms with Crippen molar-refractivity contribution >= 4 is 17.3 Å². The molecule has 0 fully saturated rings. The summed E-state index contributed by atoms with van der Waals surface area (Å²) in [6, 6.07) is 0. The van der Waals surface area contributed by atoms with Gasteiger partial charge in [-0.3, -0.25) is 4.79 Å². The summed E-state index contributed by atoms with van der Waals surface area (Å²) in [6.45, 7) is 7.64. The Morgan fingerprint density at radius 3 is 2.73 bits per heavy atom. The van der Waals surface area contributed by atoms with E-state index in [1.54, 1.807) is 6.92 Å². The molecule has 6 heteroatoms. The minimum Gasteiger partial charge on any atom is -0.750 e. The zero-order valence-corrected chi connectivity index (χ0v) is 9.76. The fourth-order valence-corrected chi connectivity index (χ4v) is 1.13. The molecule has 0 spiro atoms. The molecule has 0 saturated heterocycles. The summed E-state index contributed by atoms with van der Waals surface area (Å²) < 4.78 is 24.5. The average Bonchev–Trinajstić information content (AvgIpc) is 2.21. The lowest BCUT2D eigenvalue weighted by Crippen LogP contribution is -2.30. The number of amides is 1. The van der Waals surface area contributed by atoms with E-state index in [9.17, 15) is 13.6 Å². The molecule has 0 aromatic rings. The van der Waals surface area contributed by atoms with Crippen LogP contribution >= 0.6 is 0 Å². The lowest BCUT2D eigenvalue weighted by atomic mass is 10.2. The number of nitrogens with one attached hydrogen (secondary N) is 1. The average molecular weight is 234 g/mol. The van der Waals surface area contributed by atoms with Gasteiger partial charge in [-0.1, -0.05) is 20.4 Å². The Kier molecular flexibility index (Phi) is 7.19. The topological polar surface area (TPSA) is 78.5 Å². The lowest BCUT2D eigenvalue weighted by molar-refractivity contribution is -0.117. The molecule has 0 radical (unpaired) electrons. The van der Waals surface area contributed by atoms with Crippen LogP contribution in [0.25, 0.3) is 0 Å². The zero-order valence-electron chi connectivity index (χ0n) is 8.95. The smallest absolute Gasteiger partial charge is 0.246 e. The maximum Gasteiger partial charge on any atom is 0.246 e. The highest BCUT2D eigenvalue weighted by molar-refractivity contribution is 7.74. The Balaban J connectivity index is 3.70. The monoisotopic (exact) mass is 234 g/mol. The first-order chi connectivity index (χ1) is 6.97. The van der Waals surface area contributed by atoms with Gasteiger partial charge in [0.05, 0.1) is 18.0 Å². The standard InChI is InChI=1S/C9H17NO4S/c1-4-8(3)9(11)10-5-7(2)6-14-15(12)13/h7H,3-6H2,1-2H3,(H,10,11)(H,12,13)/p-1. The van der Waals surface area contributed by atoms with Gasteiger partial charge in [0.25, 0.3) is 0 Å². The van der Waals surface area contributed by atoms with Crippen molar-refractivity contribution in [3.05, 3.63) is 12.2 Å². The highest BCUT2D eigenvalue weighted by Crippen LogP contribution is 1.98. The molecule has 0 aromatic heterocycles. The Morgan fingerprint density at radius 1 is 1.67 bits per heavy atom. The van der Waals surface area contributed by atoms with Gasteiger partial charge >= 0.3 is 0 Å². The minimum atomic E-state index is -2.49. The van der Waals surface area contributed by atoms with Gasteiger partial charge in [0, 0.05) is 12.1 Å². The van der Waals surface area contributed by atoms with Gasteiger partial charge in [0.2, 0.25) is 5.91 Å². The van der Waals surface area contributed by atoms with Crippen molar-refractivity contribution in [1.82, 2.24) is 5.32 Å². The lowest BCUT2D eigenvalue weighted by Gasteiger charge is -2.13. The molecule has 2 atom stereocenters. The Hall–Kier alpha value is -0.720. The van der Waals surface area contributed by atoms with Crippen molar-refractivity contribution < 1.29 is 17.7 Å². The second-order valence-electron chi connectivity index (χ2n) is 3.26. The van der Waals surface area contributed by atoms with Crippen LogP contribution in [0.15, 0.2) is 12.2 Å². The summed E-state index contributed by atoms with van der Waals surface area (Å²) in [4.78, 5) is 11.2. The van der Waals surface area contributed by atoms with Crippen LogP contribution in [0.3, 0.4) is 0 Å². The molecule has 0 bridgehead atoms. The summed E-state index contributed by atoms with van der Waals surface area (Å²) in [5.41, 5.74) is 0.510. The molecule has 5 nitrogen and oxygen atoms in total. The third-order valence-electron chi connectivity index (χ3n) is 1.81. The molecular formula is C9H16NO4S-. The van der Waals surface area contributed by atoms with Gasteiger partial charge in [-0.05, 0) is 12.3 Å². The van der Waals surface area contributed by atoms with E-state index in [0.717, 1.165) is 0 Å². The molecule has 0 aliphatic carbocycles. The van der Waals surface area contributed by atoms with Crippen LogP contribution in [-0.4, -0.2) is 27.8 Å². The van der Waals surface area contributed by atoms with Crippen molar-refractivity contribution in [2.75, 3.05) is 13.2 Å². The van der Waals surface area contributed by atoms with Crippen molar-refractivity contribution in [1.29, 1.82) is 0 Å². The summed E-state index contributed by atoms with van der Waals surface area (Å²) in [5, 5.41) is 2.64. The Bertz CT molecular complexity index is 254. The van der Waals surface area contributed by atoms with E-state index in [1.807, 2.05) is 6.92 Å². The number of hydrogen-bond acceptors (Lipinski definition) is 4. The molecule has 0 heterocycles. The van der Waals surface area contributed by atoms with Crippen molar-refractivity contribution in [3.8, 4) is 0 Å². The first kappa shape index (κ1) is 14.3. The number of rotatable bonds is 7.